The Balaban J connectivity index is 2.16. The zero-order valence-electron chi connectivity index (χ0n) is 9.72. The van der Waals surface area contributed by atoms with Gasteiger partial charge in [0.2, 0.25) is 0 Å². The van der Waals surface area contributed by atoms with Crippen molar-refractivity contribution in [2.75, 3.05) is 11.2 Å². The second kappa shape index (κ2) is 5.16. The van der Waals surface area contributed by atoms with Crippen molar-refractivity contribution in [3.05, 3.63) is 60.2 Å². The highest BCUT2D eigenvalue weighted by molar-refractivity contribution is 6.03. The standard InChI is InChI=1S/C14H15N3/c1-11(13-9-5-6-10-14(13)15)16-17-12-7-3-2-4-8-12/h2-10,17H,15H2,1H3/b16-11-. The van der Waals surface area contributed by atoms with Crippen LogP contribution in [0.5, 0.6) is 0 Å². The van der Waals surface area contributed by atoms with Crippen LogP contribution in [0.1, 0.15) is 12.5 Å². The van der Waals surface area contributed by atoms with E-state index in [1.165, 1.54) is 0 Å². The molecule has 0 aromatic heterocycles. The third-order valence-corrected chi connectivity index (χ3v) is 2.48. The van der Waals surface area contributed by atoms with E-state index in [0.29, 0.717) is 0 Å². The first-order chi connectivity index (χ1) is 8.27. The summed E-state index contributed by atoms with van der Waals surface area (Å²) in [5.41, 5.74) is 12.4. The molecule has 0 fully saturated rings. The second-order valence-electron chi connectivity index (χ2n) is 3.76. The molecule has 2 aromatic carbocycles. The Morgan fingerprint density at radius 3 is 2.35 bits per heavy atom. The number of nitrogens with one attached hydrogen (secondary N) is 1. The first-order valence-corrected chi connectivity index (χ1v) is 5.47. The van der Waals surface area contributed by atoms with Crippen LogP contribution in [0.4, 0.5) is 11.4 Å². The summed E-state index contributed by atoms with van der Waals surface area (Å²) >= 11 is 0. The number of hydrogen-bond donors (Lipinski definition) is 2. The van der Waals surface area contributed by atoms with Gasteiger partial charge in [-0.05, 0) is 25.1 Å². The Hall–Kier alpha value is -2.29. The van der Waals surface area contributed by atoms with E-state index in [1.54, 1.807) is 0 Å². The van der Waals surface area contributed by atoms with Crippen LogP contribution in [0, 0.1) is 0 Å². The maximum absolute atomic E-state index is 5.88. The highest BCUT2D eigenvalue weighted by atomic mass is 15.3. The molecule has 2 rings (SSSR count). The van der Waals surface area contributed by atoms with Crippen molar-refractivity contribution in [1.29, 1.82) is 0 Å². The Morgan fingerprint density at radius 1 is 1.00 bits per heavy atom. The molecule has 0 unspecified atom stereocenters. The maximum Gasteiger partial charge on any atom is 0.0669 e. The van der Waals surface area contributed by atoms with Crippen LogP contribution in [0.15, 0.2) is 59.7 Å². The fourth-order valence-corrected chi connectivity index (χ4v) is 1.55. The molecule has 0 saturated carbocycles. The van der Waals surface area contributed by atoms with Crippen LogP contribution < -0.4 is 11.2 Å². The molecule has 0 heterocycles. The molecule has 0 saturated heterocycles. The summed E-state index contributed by atoms with van der Waals surface area (Å²) in [6.45, 7) is 1.93. The first kappa shape index (κ1) is 11.2. The fraction of sp³-hybridized carbons (Fsp3) is 0.0714. The van der Waals surface area contributed by atoms with Crippen LogP contribution in [0.2, 0.25) is 0 Å². The Kier molecular flexibility index (Phi) is 3.40. The van der Waals surface area contributed by atoms with Crippen molar-refractivity contribution in [2.24, 2.45) is 5.10 Å². The van der Waals surface area contributed by atoms with E-state index in [9.17, 15) is 0 Å². The van der Waals surface area contributed by atoms with Gasteiger partial charge in [0.25, 0.3) is 0 Å². The predicted octanol–water partition coefficient (Wildman–Crippen LogP) is 3.10. The van der Waals surface area contributed by atoms with Gasteiger partial charge in [0.05, 0.1) is 11.4 Å². The van der Waals surface area contributed by atoms with Gasteiger partial charge in [-0.1, -0.05) is 36.4 Å². The number of hydrogen-bond acceptors (Lipinski definition) is 3. The molecule has 3 heteroatoms. The van der Waals surface area contributed by atoms with Crippen molar-refractivity contribution in [3.63, 3.8) is 0 Å². The summed E-state index contributed by atoms with van der Waals surface area (Å²) in [6.07, 6.45) is 0. The van der Waals surface area contributed by atoms with E-state index in [0.717, 1.165) is 22.6 Å². The zero-order valence-corrected chi connectivity index (χ0v) is 9.72. The summed E-state index contributed by atoms with van der Waals surface area (Å²) in [7, 11) is 0. The smallest absolute Gasteiger partial charge is 0.0669 e. The van der Waals surface area contributed by atoms with Crippen molar-refractivity contribution in [2.45, 2.75) is 6.92 Å². The summed E-state index contributed by atoms with van der Waals surface area (Å²) in [6, 6.07) is 17.5. The van der Waals surface area contributed by atoms with Gasteiger partial charge in [0.15, 0.2) is 0 Å². The van der Waals surface area contributed by atoms with E-state index in [-0.39, 0.29) is 0 Å². The first-order valence-electron chi connectivity index (χ1n) is 5.47. The lowest BCUT2D eigenvalue weighted by molar-refractivity contribution is 1.32. The minimum Gasteiger partial charge on any atom is -0.398 e. The van der Waals surface area contributed by atoms with Gasteiger partial charge in [0.1, 0.15) is 0 Å². The van der Waals surface area contributed by atoms with E-state index in [1.807, 2.05) is 61.5 Å². The normalized spacial score (nSPS) is 11.2. The molecule has 0 spiro atoms. The van der Waals surface area contributed by atoms with E-state index >= 15 is 0 Å². The number of benzene rings is 2. The fourth-order valence-electron chi connectivity index (χ4n) is 1.55. The monoisotopic (exact) mass is 225 g/mol. The molecule has 2 aromatic rings. The molecule has 86 valence electrons. The van der Waals surface area contributed by atoms with Crippen LogP contribution in [0.25, 0.3) is 0 Å². The summed E-state index contributed by atoms with van der Waals surface area (Å²) < 4.78 is 0. The third kappa shape index (κ3) is 2.84. The zero-order chi connectivity index (χ0) is 12.1. The Morgan fingerprint density at radius 2 is 1.65 bits per heavy atom. The summed E-state index contributed by atoms with van der Waals surface area (Å²) in [5, 5.41) is 4.31. The number of anilines is 2. The molecular formula is C14H15N3. The van der Waals surface area contributed by atoms with Gasteiger partial charge >= 0.3 is 0 Å². The van der Waals surface area contributed by atoms with Gasteiger partial charge < -0.3 is 5.73 Å². The molecule has 0 atom stereocenters. The SMILES string of the molecule is C/C(=N/Nc1ccccc1)c1ccccc1N. The van der Waals surface area contributed by atoms with Gasteiger partial charge in [-0.3, -0.25) is 5.43 Å². The van der Waals surface area contributed by atoms with Crippen LogP contribution >= 0.6 is 0 Å². The highest BCUT2D eigenvalue weighted by Gasteiger charge is 2.00. The molecule has 3 nitrogen and oxygen atoms in total. The number of nitrogen functional groups attached to an aromatic ring is 1. The Labute approximate surface area is 101 Å². The van der Waals surface area contributed by atoms with E-state index in [2.05, 4.69) is 10.5 Å². The lowest BCUT2D eigenvalue weighted by atomic mass is 10.1. The molecule has 3 N–H and O–H groups in total. The lowest BCUT2D eigenvalue weighted by Crippen LogP contribution is -2.03. The van der Waals surface area contributed by atoms with Crippen molar-refractivity contribution < 1.29 is 0 Å². The minimum atomic E-state index is 0.739. The quantitative estimate of drug-likeness (QED) is 0.479. The molecule has 0 aliphatic rings. The highest BCUT2D eigenvalue weighted by Crippen LogP contribution is 2.12. The topological polar surface area (TPSA) is 50.4 Å². The number of para-hydroxylation sites is 2. The second-order valence-corrected chi connectivity index (χ2v) is 3.76. The molecule has 17 heavy (non-hydrogen) atoms. The van der Waals surface area contributed by atoms with Crippen molar-refractivity contribution in [3.8, 4) is 0 Å². The maximum atomic E-state index is 5.88. The number of hydrazone groups is 1. The van der Waals surface area contributed by atoms with Crippen molar-refractivity contribution in [1.82, 2.24) is 0 Å². The van der Waals surface area contributed by atoms with E-state index in [4.69, 9.17) is 5.73 Å². The van der Waals surface area contributed by atoms with Crippen LogP contribution in [0.3, 0.4) is 0 Å². The summed E-state index contributed by atoms with van der Waals surface area (Å²) in [5.74, 6) is 0. The average Bonchev–Trinajstić information content (AvgIpc) is 2.38. The molecule has 0 radical (unpaired) electrons. The Bertz CT molecular complexity index is 518. The van der Waals surface area contributed by atoms with Gasteiger partial charge in [-0.15, -0.1) is 0 Å². The van der Waals surface area contributed by atoms with Gasteiger partial charge in [-0.25, -0.2) is 0 Å². The number of nitrogens with zero attached hydrogens (tertiary/aromatic N) is 1. The molecule has 0 aliphatic heterocycles. The number of rotatable bonds is 3. The lowest BCUT2D eigenvalue weighted by Gasteiger charge is -2.05. The molecule has 0 bridgehead atoms. The van der Waals surface area contributed by atoms with Crippen LogP contribution in [-0.2, 0) is 0 Å². The van der Waals surface area contributed by atoms with Gasteiger partial charge in [0, 0.05) is 11.3 Å². The molecular weight excluding hydrogens is 210 g/mol. The minimum absolute atomic E-state index is 0.739. The number of nitrogens with two attached hydrogens (primary N) is 1. The van der Waals surface area contributed by atoms with Crippen LogP contribution in [-0.4, -0.2) is 5.71 Å². The predicted molar refractivity (Wildman–Crippen MR) is 73.1 cm³/mol. The van der Waals surface area contributed by atoms with Crippen molar-refractivity contribution >= 4 is 17.1 Å². The molecule has 0 amide bonds. The summed E-state index contributed by atoms with van der Waals surface area (Å²) in [4.78, 5) is 0. The largest absolute Gasteiger partial charge is 0.398 e. The third-order valence-electron chi connectivity index (χ3n) is 2.48. The molecule has 0 aliphatic carbocycles. The van der Waals surface area contributed by atoms with Gasteiger partial charge in [-0.2, -0.15) is 5.10 Å². The van der Waals surface area contributed by atoms with E-state index < -0.39 is 0 Å². The average molecular weight is 225 g/mol.